The fourth-order valence-corrected chi connectivity index (χ4v) is 4.48. The van der Waals surface area contributed by atoms with Crippen LogP contribution >= 0.6 is 0 Å². The van der Waals surface area contributed by atoms with Crippen molar-refractivity contribution < 1.29 is 19.3 Å². The smallest absolute Gasteiger partial charge is 0.161 e. The number of phenols is 1. The lowest BCUT2D eigenvalue weighted by Gasteiger charge is -2.45. The Kier molecular flexibility index (Phi) is 4.19. The lowest BCUT2D eigenvalue weighted by molar-refractivity contribution is 0.117. The van der Waals surface area contributed by atoms with Crippen molar-refractivity contribution in [2.75, 3.05) is 27.9 Å². The van der Waals surface area contributed by atoms with Crippen LogP contribution in [-0.2, 0) is 12.8 Å². The maximum atomic E-state index is 10.2. The van der Waals surface area contributed by atoms with Gasteiger partial charge in [-0.2, -0.15) is 0 Å². The molecule has 2 heterocycles. The average Bonchev–Trinajstić information content (AvgIpc) is 2.66. The molecule has 2 aromatic rings. The Morgan fingerprint density at radius 2 is 1.54 bits per heavy atom. The molecule has 2 atom stereocenters. The fourth-order valence-electron chi connectivity index (χ4n) is 4.48. The van der Waals surface area contributed by atoms with Gasteiger partial charge in [0.2, 0.25) is 0 Å². The number of fused-ring (bicyclic) bond motifs is 4. The zero-order valence-electron chi connectivity index (χ0n) is 15.7. The lowest BCUT2D eigenvalue weighted by atomic mass is 9.81. The van der Waals surface area contributed by atoms with Gasteiger partial charge >= 0.3 is 0 Å². The van der Waals surface area contributed by atoms with Gasteiger partial charge in [0.1, 0.15) is 0 Å². The average molecular weight is 355 g/mol. The van der Waals surface area contributed by atoms with Crippen molar-refractivity contribution in [1.82, 2.24) is 4.90 Å². The van der Waals surface area contributed by atoms with Gasteiger partial charge in [0, 0.05) is 18.6 Å². The zero-order chi connectivity index (χ0) is 18.4. The number of phenolic OH excluding ortho intramolecular Hbond substituents is 1. The van der Waals surface area contributed by atoms with E-state index >= 15 is 0 Å². The van der Waals surface area contributed by atoms with Crippen LogP contribution in [-0.4, -0.2) is 37.9 Å². The van der Waals surface area contributed by atoms with Crippen LogP contribution < -0.4 is 14.2 Å². The fraction of sp³-hybridized carbons (Fsp3) is 0.429. The summed E-state index contributed by atoms with van der Waals surface area (Å²) in [7, 11) is 4.94. The molecule has 0 saturated carbocycles. The normalized spacial score (nSPS) is 21.4. The molecule has 4 rings (SSSR count). The molecule has 26 heavy (non-hydrogen) atoms. The van der Waals surface area contributed by atoms with Gasteiger partial charge in [-0.3, -0.25) is 4.90 Å². The molecule has 1 N–H and O–H groups in total. The first-order valence-electron chi connectivity index (χ1n) is 8.97. The molecular formula is C21H25NO4. The second kappa shape index (κ2) is 6.40. The molecular weight excluding hydrogens is 330 g/mol. The van der Waals surface area contributed by atoms with E-state index < -0.39 is 0 Å². The van der Waals surface area contributed by atoms with E-state index in [1.807, 2.05) is 12.1 Å². The molecule has 0 radical (unpaired) electrons. The van der Waals surface area contributed by atoms with E-state index in [-0.39, 0.29) is 17.8 Å². The molecule has 0 unspecified atom stereocenters. The summed E-state index contributed by atoms with van der Waals surface area (Å²) in [4.78, 5) is 2.53. The van der Waals surface area contributed by atoms with E-state index in [0.717, 1.165) is 30.9 Å². The van der Waals surface area contributed by atoms with E-state index in [4.69, 9.17) is 14.2 Å². The third-order valence-corrected chi connectivity index (χ3v) is 5.85. The van der Waals surface area contributed by atoms with Gasteiger partial charge in [-0.15, -0.1) is 0 Å². The minimum atomic E-state index is 0.204. The summed E-state index contributed by atoms with van der Waals surface area (Å²) in [5.74, 6) is 2.29. The lowest BCUT2D eigenvalue weighted by Crippen LogP contribution is -2.41. The van der Waals surface area contributed by atoms with Crippen molar-refractivity contribution in [3.8, 4) is 23.0 Å². The number of rotatable bonds is 3. The van der Waals surface area contributed by atoms with Crippen LogP contribution in [0.4, 0.5) is 0 Å². The molecule has 2 aliphatic heterocycles. The van der Waals surface area contributed by atoms with Gasteiger partial charge in [0.25, 0.3) is 0 Å². The van der Waals surface area contributed by atoms with Crippen molar-refractivity contribution in [2.24, 2.45) is 0 Å². The summed E-state index contributed by atoms with van der Waals surface area (Å²) >= 11 is 0. The number of nitrogens with zero attached hydrogens (tertiary/aromatic N) is 1. The molecule has 0 saturated heterocycles. The van der Waals surface area contributed by atoms with Crippen LogP contribution in [0.3, 0.4) is 0 Å². The van der Waals surface area contributed by atoms with E-state index in [2.05, 4.69) is 24.0 Å². The van der Waals surface area contributed by atoms with Crippen molar-refractivity contribution in [3.63, 3.8) is 0 Å². The predicted molar refractivity (Wildman–Crippen MR) is 99.5 cm³/mol. The number of methoxy groups -OCH3 is 3. The molecule has 2 aliphatic rings. The van der Waals surface area contributed by atoms with Crippen LogP contribution in [0.25, 0.3) is 0 Å². The van der Waals surface area contributed by atoms with Crippen LogP contribution in [0.15, 0.2) is 24.3 Å². The highest BCUT2D eigenvalue weighted by Crippen LogP contribution is 2.47. The zero-order valence-corrected chi connectivity index (χ0v) is 15.7. The van der Waals surface area contributed by atoms with Crippen LogP contribution in [0.2, 0.25) is 0 Å². The topological polar surface area (TPSA) is 51.2 Å². The standard InChI is InChI=1S/C21H25NO4/c1-12-15-10-19(24-2)18(23)8-14(15)7-17-16-11-21(26-4)20(25-3)9-13(16)5-6-22(12)17/h8-12,17,23H,5-7H2,1-4H3/t12-,17+/m1/s1. The van der Waals surface area contributed by atoms with E-state index in [1.54, 1.807) is 21.3 Å². The van der Waals surface area contributed by atoms with Crippen molar-refractivity contribution in [1.29, 1.82) is 0 Å². The molecule has 0 bridgehead atoms. The van der Waals surface area contributed by atoms with Crippen LogP contribution in [0, 0.1) is 0 Å². The van der Waals surface area contributed by atoms with E-state index in [9.17, 15) is 5.11 Å². The monoisotopic (exact) mass is 355 g/mol. The minimum absolute atomic E-state index is 0.204. The maximum absolute atomic E-state index is 10.2. The second-order valence-electron chi connectivity index (χ2n) is 7.01. The molecule has 138 valence electrons. The second-order valence-corrected chi connectivity index (χ2v) is 7.01. The first-order chi connectivity index (χ1) is 12.6. The van der Waals surface area contributed by atoms with Gasteiger partial charge < -0.3 is 19.3 Å². The molecule has 0 fully saturated rings. The first kappa shape index (κ1) is 17.0. The molecule has 5 heteroatoms. The first-order valence-corrected chi connectivity index (χ1v) is 8.97. The Bertz CT molecular complexity index is 848. The highest BCUT2D eigenvalue weighted by Gasteiger charge is 2.37. The van der Waals surface area contributed by atoms with E-state index in [0.29, 0.717) is 5.75 Å². The summed E-state index contributed by atoms with van der Waals surface area (Å²) in [6, 6.07) is 8.60. The molecule has 0 spiro atoms. The maximum Gasteiger partial charge on any atom is 0.161 e. The van der Waals surface area contributed by atoms with Gasteiger partial charge in [0.05, 0.1) is 21.3 Å². The quantitative estimate of drug-likeness (QED) is 0.911. The van der Waals surface area contributed by atoms with Gasteiger partial charge in [-0.05, 0) is 66.3 Å². The third-order valence-electron chi connectivity index (χ3n) is 5.85. The highest BCUT2D eigenvalue weighted by molar-refractivity contribution is 5.53. The molecule has 0 amide bonds. The SMILES string of the molecule is COc1cc2c(cc1O)C[C@H]1c3cc(OC)c(OC)cc3CCN1[C@@H]2C. The Labute approximate surface area is 154 Å². The molecule has 0 aliphatic carbocycles. The van der Waals surface area contributed by atoms with Crippen LogP contribution in [0.1, 0.15) is 41.3 Å². The molecule has 5 nitrogen and oxygen atoms in total. The number of benzene rings is 2. The van der Waals surface area contributed by atoms with Crippen molar-refractivity contribution in [3.05, 3.63) is 46.5 Å². The highest BCUT2D eigenvalue weighted by atomic mass is 16.5. The van der Waals surface area contributed by atoms with Crippen LogP contribution in [0.5, 0.6) is 23.0 Å². The summed E-state index contributed by atoms with van der Waals surface area (Å²) in [5.41, 5.74) is 5.03. The molecule has 2 aromatic carbocycles. The van der Waals surface area contributed by atoms with Crippen molar-refractivity contribution >= 4 is 0 Å². The Morgan fingerprint density at radius 3 is 2.23 bits per heavy atom. The van der Waals surface area contributed by atoms with Gasteiger partial charge in [0.15, 0.2) is 23.0 Å². The summed E-state index contributed by atoms with van der Waals surface area (Å²) in [6.45, 7) is 3.23. The molecule has 0 aromatic heterocycles. The number of aromatic hydroxyl groups is 1. The Morgan fingerprint density at radius 1 is 0.885 bits per heavy atom. The van der Waals surface area contributed by atoms with Gasteiger partial charge in [-0.25, -0.2) is 0 Å². The summed E-state index contributed by atoms with van der Waals surface area (Å²) in [6.07, 6.45) is 1.85. The van der Waals surface area contributed by atoms with Gasteiger partial charge in [-0.1, -0.05) is 0 Å². The largest absolute Gasteiger partial charge is 0.504 e. The summed E-state index contributed by atoms with van der Waals surface area (Å²) in [5, 5.41) is 10.2. The number of ether oxygens (including phenoxy) is 3. The van der Waals surface area contributed by atoms with Crippen molar-refractivity contribution in [2.45, 2.75) is 31.8 Å². The van der Waals surface area contributed by atoms with E-state index in [1.165, 1.54) is 22.3 Å². The Balaban J connectivity index is 1.80. The summed E-state index contributed by atoms with van der Waals surface area (Å²) < 4.78 is 16.3. The third kappa shape index (κ3) is 2.50. The number of hydrogen-bond donors (Lipinski definition) is 1. The minimum Gasteiger partial charge on any atom is -0.504 e. The Hall–Kier alpha value is -2.40. The number of hydrogen-bond acceptors (Lipinski definition) is 5. The predicted octanol–water partition coefficient (Wildman–Crippen LogP) is 3.63.